The average Bonchev–Trinajstić information content (AvgIpc) is 2.93. The molecule has 3 rings (SSSR count). The summed E-state index contributed by atoms with van der Waals surface area (Å²) in [5.74, 6) is -0.692. The first-order chi connectivity index (χ1) is 13.7. The van der Waals surface area contributed by atoms with Crippen molar-refractivity contribution in [2.45, 2.75) is 68.2 Å². The van der Waals surface area contributed by atoms with Crippen molar-refractivity contribution in [3.8, 4) is 0 Å². The molecule has 0 spiro atoms. The van der Waals surface area contributed by atoms with Gasteiger partial charge in [-0.15, -0.1) is 11.3 Å². The molecule has 0 aliphatic heterocycles. The fourth-order valence-corrected chi connectivity index (χ4v) is 6.61. The van der Waals surface area contributed by atoms with E-state index >= 15 is 0 Å². The van der Waals surface area contributed by atoms with E-state index in [1.807, 2.05) is 27.7 Å². The zero-order valence-corrected chi connectivity index (χ0v) is 18.7. The van der Waals surface area contributed by atoms with Gasteiger partial charge in [-0.05, 0) is 55.9 Å². The number of aromatic nitrogens is 1. The van der Waals surface area contributed by atoms with Gasteiger partial charge in [0, 0.05) is 4.88 Å². The number of carbonyl (C=O) groups excluding carboxylic acids is 1. The lowest BCUT2D eigenvalue weighted by molar-refractivity contribution is -0.137. The Balaban J connectivity index is 1.90. The van der Waals surface area contributed by atoms with E-state index in [1.165, 1.54) is 11.3 Å². The molecule has 164 valence electrons. The average molecular weight is 461 g/mol. The second-order valence-corrected chi connectivity index (χ2v) is 11.8. The molecule has 0 saturated heterocycles. The molecule has 2 aromatic rings. The quantitative estimate of drug-likeness (QED) is 0.689. The van der Waals surface area contributed by atoms with Crippen LogP contribution in [0.5, 0.6) is 0 Å². The highest BCUT2D eigenvalue weighted by Gasteiger charge is 2.56. The van der Waals surface area contributed by atoms with Crippen LogP contribution in [-0.2, 0) is 26.2 Å². The molecular weight excluding hydrogens is 437 g/mol. The molecular formula is C20H23F3N2O3S2. The lowest BCUT2D eigenvalue weighted by atomic mass is 9.83. The Hall–Kier alpha value is -1.94. The maximum absolute atomic E-state index is 13.2. The monoisotopic (exact) mass is 460 g/mol. The van der Waals surface area contributed by atoms with Gasteiger partial charge in [0.25, 0.3) is 0 Å². The van der Waals surface area contributed by atoms with Crippen LogP contribution in [-0.4, -0.2) is 24.1 Å². The second-order valence-electron chi connectivity index (χ2n) is 8.51. The summed E-state index contributed by atoms with van der Waals surface area (Å²) in [6.07, 6.45) is -3.81. The molecule has 0 atom stereocenters. The molecule has 1 heterocycles. The topological polar surface area (TPSA) is 76.1 Å². The maximum Gasteiger partial charge on any atom is 0.416 e. The minimum absolute atomic E-state index is 0.110. The van der Waals surface area contributed by atoms with E-state index in [9.17, 15) is 26.4 Å². The van der Waals surface area contributed by atoms with Crippen LogP contribution in [0.1, 0.15) is 56.2 Å². The molecule has 30 heavy (non-hydrogen) atoms. The summed E-state index contributed by atoms with van der Waals surface area (Å²) < 4.78 is 63.1. The molecule has 10 heteroatoms. The van der Waals surface area contributed by atoms with Crippen LogP contribution in [0.3, 0.4) is 0 Å². The molecule has 1 aliphatic rings. The lowest BCUT2D eigenvalue weighted by Crippen LogP contribution is -2.54. The predicted octanol–water partition coefficient (Wildman–Crippen LogP) is 5.10. The number of benzene rings is 1. The number of halogens is 3. The van der Waals surface area contributed by atoms with Crippen LogP contribution in [0, 0.1) is 6.92 Å². The van der Waals surface area contributed by atoms with Gasteiger partial charge in [0.1, 0.15) is 0 Å². The number of sulfone groups is 1. The Morgan fingerprint density at radius 3 is 2.10 bits per heavy atom. The number of nitrogens with one attached hydrogen (secondary N) is 1. The smallest absolute Gasteiger partial charge is 0.301 e. The molecule has 1 aliphatic carbocycles. The molecule has 1 saturated carbocycles. The number of anilines is 1. The number of carbonyl (C=O) groups is 1. The Morgan fingerprint density at radius 1 is 1.13 bits per heavy atom. The van der Waals surface area contributed by atoms with Crippen molar-refractivity contribution >= 4 is 32.2 Å². The summed E-state index contributed by atoms with van der Waals surface area (Å²) in [5.41, 5.74) is -0.358. The Kier molecular flexibility index (Phi) is 5.56. The molecule has 5 nitrogen and oxygen atoms in total. The van der Waals surface area contributed by atoms with Gasteiger partial charge in [0.15, 0.2) is 19.7 Å². The first-order valence-electron chi connectivity index (χ1n) is 9.40. The van der Waals surface area contributed by atoms with E-state index in [0.29, 0.717) is 11.6 Å². The van der Waals surface area contributed by atoms with Crippen LogP contribution < -0.4 is 5.32 Å². The van der Waals surface area contributed by atoms with Gasteiger partial charge in [-0.3, -0.25) is 4.79 Å². The van der Waals surface area contributed by atoms with Crippen molar-refractivity contribution in [2.24, 2.45) is 0 Å². The van der Waals surface area contributed by atoms with Gasteiger partial charge in [-0.1, -0.05) is 20.8 Å². The van der Waals surface area contributed by atoms with E-state index in [-0.39, 0.29) is 23.2 Å². The standard InChI is InChI=1S/C20H23F3N2O3S2/c1-12-15(18(2,3)4)29-17(24-12)25-16(26)19(10-5-11-19)30(27,28)14-8-6-13(7-9-14)20(21,22)23/h6-9H,5,10-11H2,1-4H3,(H,24,25,26). The molecule has 0 radical (unpaired) electrons. The van der Waals surface area contributed by atoms with E-state index in [4.69, 9.17) is 0 Å². The van der Waals surface area contributed by atoms with E-state index in [2.05, 4.69) is 10.3 Å². The molecule has 1 fully saturated rings. The minimum atomic E-state index is -4.57. The molecule has 1 aromatic carbocycles. The SMILES string of the molecule is Cc1nc(NC(=O)C2(S(=O)(=O)c3ccc(C(F)(F)F)cc3)CCC2)sc1C(C)(C)C. The van der Waals surface area contributed by atoms with Crippen LogP contribution in [0.4, 0.5) is 18.3 Å². The van der Waals surface area contributed by atoms with Crippen molar-refractivity contribution in [3.05, 3.63) is 40.4 Å². The molecule has 1 aromatic heterocycles. The van der Waals surface area contributed by atoms with Gasteiger partial charge < -0.3 is 5.32 Å². The molecule has 0 bridgehead atoms. The summed E-state index contributed by atoms with van der Waals surface area (Å²) in [4.78, 5) is 18.1. The molecule has 1 amide bonds. The first kappa shape index (κ1) is 22.7. The molecule has 1 N–H and O–H groups in total. The first-order valence-corrected chi connectivity index (χ1v) is 11.7. The number of rotatable bonds is 4. The number of nitrogens with zero attached hydrogens (tertiary/aromatic N) is 1. The number of aryl methyl sites for hydroxylation is 1. The predicted molar refractivity (Wildman–Crippen MR) is 109 cm³/mol. The fourth-order valence-electron chi connectivity index (χ4n) is 3.52. The Morgan fingerprint density at radius 2 is 1.70 bits per heavy atom. The number of hydrogen-bond donors (Lipinski definition) is 1. The highest BCUT2D eigenvalue weighted by molar-refractivity contribution is 7.93. The van der Waals surface area contributed by atoms with Gasteiger partial charge in [0.2, 0.25) is 5.91 Å². The van der Waals surface area contributed by atoms with Crippen molar-refractivity contribution in [1.82, 2.24) is 4.98 Å². The van der Waals surface area contributed by atoms with E-state index < -0.39 is 32.2 Å². The summed E-state index contributed by atoms with van der Waals surface area (Å²) in [6, 6.07) is 3.27. The zero-order chi connectivity index (χ0) is 22.5. The van der Waals surface area contributed by atoms with E-state index in [1.54, 1.807) is 0 Å². The summed E-state index contributed by atoms with van der Waals surface area (Å²) in [6.45, 7) is 7.87. The van der Waals surface area contributed by atoms with Crippen LogP contribution in [0.15, 0.2) is 29.2 Å². The van der Waals surface area contributed by atoms with Gasteiger partial charge >= 0.3 is 6.18 Å². The minimum Gasteiger partial charge on any atom is -0.301 e. The third-order valence-electron chi connectivity index (χ3n) is 5.28. The zero-order valence-electron chi connectivity index (χ0n) is 17.1. The normalized spacial score (nSPS) is 16.8. The van der Waals surface area contributed by atoms with Gasteiger partial charge in [0.05, 0.1) is 16.2 Å². The number of amides is 1. The summed E-state index contributed by atoms with van der Waals surface area (Å²) >= 11 is 1.29. The van der Waals surface area contributed by atoms with Gasteiger partial charge in [-0.2, -0.15) is 13.2 Å². The van der Waals surface area contributed by atoms with Crippen LogP contribution in [0.2, 0.25) is 0 Å². The highest BCUT2D eigenvalue weighted by atomic mass is 32.2. The molecule has 0 unspecified atom stereocenters. The van der Waals surface area contributed by atoms with Gasteiger partial charge in [-0.25, -0.2) is 13.4 Å². The van der Waals surface area contributed by atoms with Crippen LogP contribution in [0.25, 0.3) is 0 Å². The van der Waals surface area contributed by atoms with Crippen molar-refractivity contribution in [2.75, 3.05) is 5.32 Å². The number of alkyl halides is 3. The maximum atomic E-state index is 13.2. The fraction of sp³-hybridized carbons (Fsp3) is 0.500. The highest BCUT2D eigenvalue weighted by Crippen LogP contribution is 2.44. The third-order valence-corrected chi connectivity index (χ3v) is 9.29. The second kappa shape index (κ2) is 7.33. The summed E-state index contributed by atoms with van der Waals surface area (Å²) in [5, 5.41) is 2.95. The number of hydrogen-bond acceptors (Lipinski definition) is 5. The summed E-state index contributed by atoms with van der Waals surface area (Å²) in [7, 11) is -4.18. The van der Waals surface area contributed by atoms with Crippen molar-refractivity contribution in [3.63, 3.8) is 0 Å². The van der Waals surface area contributed by atoms with Crippen molar-refractivity contribution < 1.29 is 26.4 Å². The number of thiazole rings is 1. The lowest BCUT2D eigenvalue weighted by Gasteiger charge is -2.39. The third kappa shape index (κ3) is 3.87. The Bertz CT molecular complexity index is 1060. The largest absolute Gasteiger partial charge is 0.416 e. The van der Waals surface area contributed by atoms with E-state index in [0.717, 1.165) is 34.8 Å². The van der Waals surface area contributed by atoms with Crippen LogP contribution >= 0.6 is 11.3 Å². The Labute approximate surface area is 177 Å². The van der Waals surface area contributed by atoms with Crippen molar-refractivity contribution in [1.29, 1.82) is 0 Å².